The molecule has 0 aromatic heterocycles. The maximum Gasteiger partial charge on any atom is 0.222 e. The summed E-state index contributed by atoms with van der Waals surface area (Å²) in [6.45, 7) is 5.35. The third-order valence-electron chi connectivity index (χ3n) is 3.61. The predicted molar refractivity (Wildman–Crippen MR) is 79.8 cm³/mol. The zero-order chi connectivity index (χ0) is 14.2. The van der Waals surface area contributed by atoms with Crippen LogP contribution < -0.4 is 10.1 Å². The maximum absolute atomic E-state index is 12.1. The Morgan fingerprint density at radius 1 is 1.35 bits per heavy atom. The van der Waals surface area contributed by atoms with Gasteiger partial charge in [-0.2, -0.15) is 0 Å². The Hall–Kier alpha value is -1.55. The quantitative estimate of drug-likeness (QED) is 0.837. The summed E-state index contributed by atoms with van der Waals surface area (Å²) in [5.41, 5.74) is 0. The number of rotatable bonds is 5. The molecule has 0 saturated carbocycles. The average Bonchev–Trinajstić information content (AvgIpc) is 2.69. The molecule has 1 N–H and O–H groups in total. The summed E-state index contributed by atoms with van der Waals surface area (Å²) in [6, 6.07) is 10.2. The third-order valence-corrected chi connectivity index (χ3v) is 3.61. The van der Waals surface area contributed by atoms with Gasteiger partial charge in [-0.1, -0.05) is 18.2 Å². The monoisotopic (exact) mass is 276 g/mol. The van der Waals surface area contributed by atoms with Crippen LogP contribution in [0.5, 0.6) is 5.75 Å². The Bertz CT molecular complexity index is 408. The van der Waals surface area contributed by atoms with Crippen molar-refractivity contribution in [3.05, 3.63) is 30.3 Å². The summed E-state index contributed by atoms with van der Waals surface area (Å²) in [5, 5.41) is 3.40. The van der Waals surface area contributed by atoms with Crippen molar-refractivity contribution in [1.82, 2.24) is 10.2 Å². The van der Waals surface area contributed by atoms with Gasteiger partial charge < -0.3 is 15.0 Å². The highest BCUT2D eigenvalue weighted by molar-refractivity contribution is 5.76. The molecule has 0 bridgehead atoms. The van der Waals surface area contributed by atoms with E-state index in [0.29, 0.717) is 19.1 Å². The van der Waals surface area contributed by atoms with E-state index in [-0.39, 0.29) is 5.91 Å². The Balaban J connectivity index is 1.64. The Morgan fingerprint density at radius 2 is 2.15 bits per heavy atom. The minimum atomic E-state index is 0.248. The van der Waals surface area contributed by atoms with Gasteiger partial charge in [0.15, 0.2) is 0 Å². The molecule has 1 heterocycles. The van der Waals surface area contributed by atoms with Gasteiger partial charge in [0, 0.05) is 32.1 Å². The van der Waals surface area contributed by atoms with Crippen molar-refractivity contribution in [3.63, 3.8) is 0 Å². The van der Waals surface area contributed by atoms with Crippen molar-refractivity contribution in [2.24, 2.45) is 0 Å². The highest BCUT2D eigenvalue weighted by Gasteiger charge is 2.17. The third kappa shape index (κ3) is 4.85. The molecule has 2 rings (SSSR count). The largest absolute Gasteiger partial charge is 0.494 e. The van der Waals surface area contributed by atoms with Crippen molar-refractivity contribution in [2.75, 3.05) is 26.2 Å². The van der Waals surface area contributed by atoms with Gasteiger partial charge in [-0.15, -0.1) is 0 Å². The van der Waals surface area contributed by atoms with E-state index in [1.54, 1.807) is 0 Å². The molecule has 1 aromatic rings. The van der Waals surface area contributed by atoms with Gasteiger partial charge in [0.05, 0.1) is 6.61 Å². The first-order valence-electron chi connectivity index (χ1n) is 7.45. The number of hydrogen-bond acceptors (Lipinski definition) is 3. The fraction of sp³-hybridized carbons (Fsp3) is 0.562. The van der Waals surface area contributed by atoms with Crippen LogP contribution in [-0.2, 0) is 4.79 Å². The van der Waals surface area contributed by atoms with Gasteiger partial charge in [-0.25, -0.2) is 0 Å². The van der Waals surface area contributed by atoms with E-state index < -0.39 is 0 Å². The molecule has 1 aromatic carbocycles. The lowest BCUT2D eigenvalue weighted by molar-refractivity contribution is -0.131. The lowest BCUT2D eigenvalue weighted by Crippen LogP contribution is -2.34. The van der Waals surface area contributed by atoms with Gasteiger partial charge in [0.25, 0.3) is 0 Å². The summed E-state index contributed by atoms with van der Waals surface area (Å²) in [5.74, 6) is 1.12. The second-order valence-corrected chi connectivity index (χ2v) is 5.29. The normalized spacial score (nSPS) is 19.4. The summed E-state index contributed by atoms with van der Waals surface area (Å²) >= 11 is 0. The standard InChI is InChI=1S/C16H24N2O2/c1-14-9-11-18(12-10-17-14)16(19)8-5-13-20-15-6-3-2-4-7-15/h2-4,6-7,14,17H,5,8-13H2,1H3. The van der Waals surface area contributed by atoms with Crippen LogP contribution >= 0.6 is 0 Å². The number of amides is 1. The molecule has 1 fully saturated rings. The molecule has 0 radical (unpaired) electrons. The molecule has 4 nitrogen and oxygen atoms in total. The van der Waals surface area contributed by atoms with E-state index >= 15 is 0 Å². The van der Waals surface area contributed by atoms with Gasteiger partial charge in [0.1, 0.15) is 5.75 Å². The average molecular weight is 276 g/mol. The van der Waals surface area contributed by atoms with Gasteiger partial charge in [-0.3, -0.25) is 4.79 Å². The Morgan fingerprint density at radius 3 is 2.95 bits per heavy atom. The predicted octanol–water partition coefficient (Wildman–Crippen LogP) is 2.06. The number of nitrogens with one attached hydrogen (secondary N) is 1. The Labute approximate surface area is 121 Å². The van der Waals surface area contributed by atoms with Crippen LogP contribution in [0.15, 0.2) is 30.3 Å². The van der Waals surface area contributed by atoms with Gasteiger partial charge in [0.2, 0.25) is 5.91 Å². The maximum atomic E-state index is 12.1. The second-order valence-electron chi connectivity index (χ2n) is 5.29. The van der Waals surface area contributed by atoms with Gasteiger partial charge in [-0.05, 0) is 31.9 Å². The fourth-order valence-electron chi connectivity index (χ4n) is 2.35. The number of carbonyl (C=O) groups is 1. The topological polar surface area (TPSA) is 41.6 Å². The van der Waals surface area contributed by atoms with Crippen LogP contribution in [0.4, 0.5) is 0 Å². The smallest absolute Gasteiger partial charge is 0.222 e. The summed E-state index contributed by atoms with van der Waals surface area (Å²) < 4.78 is 5.60. The number of para-hydroxylation sites is 1. The lowest BCUT2D eigenvalue weighted by Gasteiger charge is -2.20. The minimum Gasteiger partial charge on any atom is -0.494 e. The van der Waals surface area contributed by atoms with Crippen molar-refractivity contribution in [3.8, 4) is 5.75 Å². The highest BCUT2D eigenvalue weighted by Crippen LogP contribution is 2.10. The molecule has 0 aliphatic carbocycles. The zero-order valence-corrected chi connectivity index (χ0v) is 12.2. The number of ether oxygens (including phenoxy) is 1. The number of carbonyl (C=O) groups excluding carboxylic acids is 1. The van der Waals surface area contributed by atoms with E-state index in [2.05, 4.69) is 12.2 Å². The van der Waals surface area contributed by atoms with Gasteiger partial charge >= 0.3 is 0 Å². The first kappa shape index (κ1) is 14.9. The summed E-state index contributed by atoms with van der Waals surface area (Å²) in [4.78, 5) is 14.1. The molecule has 1 amide bonds. The van der Waals surface area contributed by atoms with E-state index in [4.69, 9.17) is 4.74 Å². The van der Waals surface area contributed by atoms with Crippen molar-refractivity contribution in [1.29, 1.82) is 0 Å². The first-order chi connectivity index (χ1) is 9.75. The van der Waals surface area contributed by atoms with Crippen LogP contribution in [0.1, 0.15) is 26.2 Å². The van der Waals surface area contributed by atoms with Crippen LogP contribution in [0, 0.1) is 0 Å². The molecule has 110 valence electrons. The second kappa shape index (κ2) is 7.90. The highest BCUT2D eigenvalue weighted by atomic mass is 16.5. The SMILES string of the molecule is CC1CCN(C(=O)CCCOc2ccccc2)CCN1. The molecule has 20 heavy (non-hydrogen) atoms. The number of nitrogens with zero attached hydrogens (tertiary/aromatic N) is 1. The van der Waals surface area contributed by atoms with E-state index in [1.165, 1.54) is 0 Å². The van der Waals surface area contributed by atoms with Crippen LogP contribution in [0.25, 0.3) is 0 Å². The molecule has 1 aliphatic heterocycles. The molecule has 1 unspecified atom stereocenters. The number of benzene rings is 1. The molecule has 4 heteroatoms. The fourth-order valence-corrected chi connectivity index (χ4v) is 2.35. The summed E-state index contributed by atoms with van der Waals surface area (Å²) in [7, 11) is 0. The zero-order valence-electron chi connectivity index (χ0n) is 12.2. The van der Waals surface area contributed by atoms with E-state index in [0.717, 1.165) is 38.2 Å². The molecule has 0 spiro atoms. The minimum absolute atomic E-state index is 0.248. The summed E-state index contributed by atoms with van der Waals surface area (Å²) in [6.07, 6.45) is 2.38. The molecule has 1 aliphatic rings. The van der Waals surface area contributed by atoms with Crippen molar-refractivity contribution in [2.45, 2.75) is 32.2 Å². The van der Waals surface area contributed by atoms with Crippen molar-refractivity contribution < 1.29 is 9.53 Å². The van der Waals surface area contributed by atoms with Crippen LogP contribution in [-0.4, -0.2) is 43.1 Å². The molecule has 1 saturated heterocycles. The Kier molecular flexibility index (Phi) is 5.87. The van der Waals surface area contributed by atoms with E-state index in [1.807, 2.05) is 35.2 Å². The van der Waals surface area contributed by atoms with E-state index in [9.17, 15) is 4.79 Å². The van der Waals surface area contributed by atoms with Crippen LogP contribution in [0.3, 0.4) is 0 Å². The first-order valence-corrected chi connectivity index (χ1v) is 7.45. The lowest BCUT2D eigenvalue weighted by atomic mass is 10.2. The molecular weight excluding hydrogens is 252 g/mol. The molecule has 1 atom stereocenters. The van der Waals surface area contributed by atoms with Crippen molar-refractivity contribution >= 4 is 5.91 Å². The number of hydrogen-bond donors (Lipinski definition) is 1. The van der Waals surface area contributed by atoms with Crippen LogP contribution in [0.2, 0.25) is 0 Å². The molecular formula is C16H24N2O2.